The molecule has 0 radical (unpaired) electrons. The summed E-state index contributed by atoms with van der Waals surface area (Å²) in [5.74, 6) is 2.40. The summed E-state index contributed by atoms with van der Waals surface area (Å²) < 4.78 is 10.9. The van der Waals surface area contributed by atoms with Gasteiger partial charge in [0.05, 0.1) is 14.2 Å². The van der Waals surface area contributed by atoms with Crippen molar-refractivity contribution >= 4 is 23.5 Å². The highest BCUT2D eigenvalue weighted by Crippen LogP contribution is 2.43. The van der Waals surface area contributed by atoms with Crippen molar-refractivity contribution in [2.24, 2.45) is 0 Å². The maximum Gasteiger partial charge on any atom is 0.323 e. The number of amides is 2. The Hall–Kier alpha value is -2.34. The van der Waals surface area contributed by atoms with Gasteiger partial charge in [-0.25, -0.2) is 4.79 Å². The Labute approximate surface area is 158 Å². The number of hydrogen-bond acceptors (Lipinski definition) is 4. The van der Waals surface area contributed by atoms with E-state index in [-0.39, 0.29) is 11.4 Å². The number of thioether (sulfide) groups is 1. The van der Waals surface area contributed by atoms with E-state index in [0.717, 1.165) is 40.5 Å². The Bertz CT molecular complexity index is 781. The summed E-state index contributed by atoms with van der Waals surface area (Å²) in [4.78, 5) is 14.8. The number of aryl methyl sites for hydroxylation is 1. The highest BCUT2D eigenvalue weighted by molar-refractivity contribution is 7.99. The van der Waals surface area contributed by atoms with E-state index in [4.69, 9.17) is 9.47 Å². The van der Waals surface area contributed by atoms with E-state index < -0.39 is 0 Å². The van der Waals surface area contributed by atoms with Crippen LogP contribution in [0.2, 0.25) is 0 Å². The van der Waals surface area contributed by atoms with Crippen LogP contribution in [0.1, 0.15) is 23.4 Å². The van der Waals surface area contributed by atoms with Crippen molar-refractivity contribution in [2.75, 3.05) is 31.8 Å². The third kappa shape index (κ3) is 3.75. The fourth-order valence-corrected chi connectivity index (χ4v) is 4.38. The summed E-state index contributed by atoms with van der Waals surface area (Å²) in [6.45, 7) is 2.77. The van der Waals surface area contributed by atoms with E-state index in [1.165, 1.54) is 0 Å². The highest BCUT2D eigenvalue weighted by atomic mass is 32.2. The Morgan fingerprint density at radius 1 is 1.23 bits per heavy atom. The number of hydrogen-bond donors (Lipinski definition) is 1. The van der Waals surface area contributed by atoms with Gasteiger partial charge in [-0.15, -0.1) is 11.8 Å². The zero-order valence-electron chi connectivity index (χ0n) is 15.3. The Morgan fingerprint density at radius 2 is 2.04 bits per heavy atom. The molecule has 2 amide bonds. The molecule has 0 spiro atoms. The van der Waals surface area contributed by atoms with Crippen LogP contribution in [0.25, 0.3) is 0 Å². The van der Waals surface area contributed by atoms with Crippen LogP contribution in [-0.2, 0) is 6.42 Å². The van der Waals surface area contributed by atoms with Crippen LogP contribution < -0.4 is 14.8 Å². The first-order valence-electron chi connectivity index (χ1n) is 8.67. The van der Waals surface area contributed by atoms with Gasteiger partial charge in [0, 0.05) is 23.5 Å². The molecule has 26 heavy (non-hydrogen) atoms. The van der Waals surface area contributed by atoms with Crippen LogP contribution in [0.15, 0.2) is 42.5 Å². The lowest BCUT2D eigenvalue weighted by molar-refractivity contribution is 0.213. The number of urea groups is 1. The second-order valence-corrected chi connectivity index (χ2v) is 7.15. The number of benzene rings is 2. The maximum absolute atomic E-state index is 13.0. The fourth-order valence-electron chi connectivity index (χ4n) is 3.11. The topological polar surface area (TPSA) is 50.8 Å². The predicted octanol–water partition coefficient (Wildman–Crippen LogP) is 4.55. The number of nitrogens with zero attached hydrogens (tertiary/aromatic N) is 1. The first-order chi connectivity index (χ1) is 12.7. The van der Waals surface area contributed by atoms with Crippen molar-refractivity contribution in [3.63, 3.8) is 0 Å². The zero-order chi connectivity index (χ0) is 18.5. The van der Waals surface area contributed by atoms with Gasteiger partial charge < -0.3 is 19.7 Å². The van der Waals surface area contributed by atoms with Crippen molar-refractivity contribution in [1.82, 2.24) is 4.90 Å². The Kier molecular flexibility index (Phi) is 5.93. The molecule has 2 aromatic rings. The van der Waals surface area contributed by atoms with Crippen LogP contribution >= 0.6 is 11.8 Å². The molecule has 1 atom stereocenters. The number of methoxy groups -OCH3 is 2. The molecule has 138 valence electrons. The molecule has 2 aromatic carbocycles. The van der Waals surface area contributed by atoms with Gasteiger partial charge in [-0.05, 0) is 36.2 Å². The van der Waals surface area contributed by atoms with Gasteiger partial charge in [-0.2, -0.15) is 0 Å². The lowest BCUT2D eigenvalue weighted by atomic mass is 10.1. The summed E-state index contributed by atoms with van der Waals surface area (Å²) in [5, 5.41) is 2.97. The maximum atomic E-state index is 13.0. The number of rotatable bonds is 5. The fraction of sp³-hybridized carbons (Fsp3) is 0.350. The van der Waals surface area contributed by atoms with Gasteiger partial charge in [0.1, 0.15) is 16.9 Å². The molecule has 1 heterocycles. The summed E-state index contributed by atoms with van der Waals surface area (Å²) in [6.07, 6.45) is 0.873. The molecule has 1 aliphatic rings. The number of carbonyl (C=O) groups excluding carboxylic acids is 1. The van der Waals surface area contributed by atoms with E-state index in [1.807, 2.05) is 47.4 Å². The number of ether oxygens (including phenoxy) is 2. The summed E-state index contributed by atoms with van der Waals surface area (Å²) in [5.41, 5.74) is 2.95. The Morgan fingerprint density at radius 3 is 2.77 bits per heavy atom. The molecule has 1 unspecified atom stereocenters. The normalized spacial score (nSPS) is 16.4. The number of anilines is 1. The number of nitrogens with one attached hydrogen (secondary N) is 1. The predicted molar refractivity (Wildman–Crippen MR) is 106 cm³/mol. The molecule has 1 fully saturated rings. The quantitative estimate of drug-likeness (QED) is 0.837. The molecule has 0 aliphatic carbocycles. The average molecular weight is 372 g/mol. The molecule has 0 aromatic heterocycles. The van der Waals surface area contributed by atoms with E-state index >= 15 is 0 Å². The molecule has 0 saturated carbocycles. The number of carbonyl (C=O) groups is 1. The summed E-state index contributed by atoms with van der Waals surface area (Å²) in [6, 6.07) is 13.5. The van der Waals surface area contributed by atoms with Crippen molar-refractivity contribution in [3.05, 3.63) is 53.6 Å². The SMILES string of the molecule is CCc1ccccc1NC(=O)N1CCSC1c1cc(OC)ccc1OC. The summed E-state index contributed by atoms with van der Waals surface area (Å²) >= 11 is 1.73. The molecular formula is C20H24N2O3S. The lowest BCUT2D eigenvalue weighted by Crippen LogP contribution is -2.34. The minimum Gasteiger partial charge on any atom is -0.497 e. The van der Waals surface area contributed by atoms with Gasteiger partial charge in [0.25, 0.3) is 0 Å². The molecule has 1 N–H and O–H groups in total. The van der Waals surface area contributed by atoms with Gasteiger partial charge in [0.15, 0.2) is 0 Å². The molecular weight excluding hydrogens is 348 g/mol. The van der Waals surface area contributed by atoms with Gasteiger partial charge >= 0.3 is 6.03 Å². The van der Waals surface area contributed by atoms with Gasteiger partial charge in [0.2, 0.25) is 0 Å². The van der Waals surface area contributed by atoms with Crippen LogP contribution in [0.5, 0.6) is 11.5 Å². The van der Waals surface area contributed by atoms with Crippen LogP contribution in [0.3, 0.4) is 0 Å². The van der Waals surface area contributed by atoms with E-state index in [2.05, 4.69) is 12.2 Å². The minimum atomic E-state index is -0.103. The first kappa shape index (κ1) is 18.5. The smallest absolute Gasteiger partial charge is 0.323 e. The largest absolute Gasteiger partial charge is 0.497 e. The summed E-state index contributed by atoms with van der Waals surface area (Å²) in [7, 11) is 3.28. The lowest BCUT2D eigenvalue weighted by Gasteiger charge is -2.26. The van der Waals surface area contributed by atoms with Crippen molar-refractivity contribution in [3.8, 4) is 11.5 Å². The second kappa shape index (κ2) is 8.36. The van der Waals surface area contributed by atoms with Crippen molar-refractivity contribution < 1.29 is 14.3 Å². The highest BCUT2D eigenvalue weighted by Gasteiger charge is 2.33. The van der Waals surface area contributed by atoms with Crippen LogP contribution in [0.4, 0.5) is 10.5 Å². The zero-order valence-corrected chi connectivity index (χ0v) is 16.1. The van der Waals surface area contributed by atoms with E-state index in [0.29, 0.717) is 6.54 Å². The Balaban J connectivity index is 1.85. The first-order valence-corrected chi connectivity index (χ1v) is 9.71. The third-order valence-electron chi connectivity index (χ3n) is 4.49. The standard InChI is InChI=1S/C20H24N2O3S/c1-4-14-7-5-6-8-17(14)21-20(23)22-11-12-26-19(22)16-13-15(24-2)9-10-18(16)25-3/h5-10,13,19H,4,11-12H2,1-3H3,(H,21,23). The molecule has 1 aliphatic heterocycles. The minimum absolute atomic E-state index is 0.0919. The molecule has 5 nitrogen and oxygen atoms in total. The average Bonchev–Trinajstić information content (AvgIpc) is 3.17. The molecule has 1 saturated heterocycles. The van der Waals surface area contributed by atoms with Crippen LogP contribution in [-0.4, -0.2) is 37.4 Å². The third-order valence-corrected chi connectivity index (χ3v) is 5.74. The van der Waals surface area contributed by atoms with E-state index in [9.17, 15) is 4.79 Å². The van der Waals surface area contributed by atoms with Gasteiger partial charge in [-0.3, -0.25) is 0 Å². The molecule has 0 bridgehead atoms. The molecule has 6 heteroatoms. The van der Waals surface area contributed by atoms with Crippen molar-refractivity contribution in [2.45, 2.75) is 18.7 Å². The van der Waals surface area contributed by atoms with Gasteiger partial charge in [-0.1, -0.05) is 25.1 Å². The van der Waals surface area contributed by atoms with Crippen LogP contribution in [0, 0.1) is 0 Å². The second-order valence-electron chi connectivity index (χ2n) is 5.97. The van der Waals surface area contributed by atoms with Crippen molar-refractivity contribution in [1.29, 1.82) is 0 Å². The van der Waals surface area contributed by atoms with E-state index in [1.54, 1.807) is 26.0 Å². The monoisotopic (exact) mass is 372 g/mol. The number of para-hydroxylation sites is 1. The molecule has 3 rings (SSSR count).